The Kier molecular flexibility index (Phi) is 5.42. The number of fused-ring (bicyclic) bond motifs is 1. The van der Waals surface area contributed by atoms with Crippen LogP contribution in [-0.4, -0.2) is 58.6 Å². The molecule has 0 saturated heterocycles. The summed E-state index contributed by atoms with van der Waals surface area (Å²) in [6.07, 6.45) is 3.46. The van der Waals surface area contributed by atoms with Gasteiger partial charge in [-0.3, -0.25) is 9.36 Å². The molecule has 164 valence electrons. The highest BCUT2D eigenvalue weighted by molar-refractivity contribution is 5.92. The first-order chi connectivity index (χ1) is 16.2. The lowest BCUT2D eigenvalue weighted by Gasteiger charge is -2.08. The third-order valence-electron chi connectivity index (χ3n) is 4.86. The van der Waals surface area contributed by atoms with E-state index in [1.165, 1.54) is 0 Å². The Morgan fingerprint density at radius 3 is 2.64 bits per heavy atom. The molecule has 0 aliphatic heterocycles. The maximum atomic E-state index is 12.3. The number of amides is 1. The minimum Gasteiger partial charge on any atom is -0.475 e. The maximum absolute atomic E-state index is 12.3. The molecule has 5 aromatic rings. The van der Waals surface area contributed by atoms with Crippen LogP contribution in [0.3, 0.4) is 0 Å². The first-order valence-corrected chi connectivity index (χ1v) is 10.2. The van der Waals surface area contributed by atoms with E-state index >= 15 is 0 Å². The lowest BCUT2D eigenvalue weighted by Crippen LogP contribution is -2.29. The number of hydrogen-bond acceptors (Lipinski definition) is 8. The van der Waals surface area contributed by atoms with Gasteiger partial charge in [0.25, 0.3) is 5.91 Å². The van der Waals surface area contributed by atoms with Gasteiger partial charge in [0, 0.05) is 24.0 Å². The minimum atomic E-state index is -0.339. The van der Waals surface area contributed by atoms with Crippen LogP contribution < -0.4 is 10.1 Å². The normalized spacial score (nSPS) is 10.9. The highest BCUT2D eigenvalue weighted by atomic mass is 16.5. The summed E-state index contributed by atoms with van der Waals surface area (Å²) in [5.41, 5.74) is 1.73. The molecular weight excluding hydrogens is 422 g/mol. The van der Waals surface area contributed by atoms with E-state index in [-0.39, 0.29) is 24.8 Å². The van der Waals surface area contributed by atoms with Crippen molar-refractivity contribution in [3.05, 3.63) is 78.5 Å². The van der Waals surface area contributed by atoms with E-state index in [0.717, 1.165) is 11.4 Å². The molecular formula is C22H19N9O2. The number of nitrogens with one attached hydrogen (secondary N) is 1. The van der Waals surface area contributed by atoms with Crippen LogP contribution in [-0.2, 0) is 0 Å². The number of rotatable bonds is 7. The summed E-state index contributed by atoms with van der Waals surface area (Å²) in [6, 6.07) is 16.5. The Hall–Kier alpha value is -4.67. The number of aromatic nitrogens is 8. The van der Waals surface area contributed by atoms with Gasteiger partial charge in [0.05, 0.1) is 6.54 Å². The number of nitrogens with zero attached hydrogens (tertiary/aromatic N) is 8. The maximum Gasteiger partial charge on any atom is 0.271 e. The summed E-state index contributed by atoms with van der Waals surface area (Å²) in [7, 11) is 0. The molecule has 0 fully saturated rings. The van der Waals surface area contributed by atoms with Crippen LogP contribution in [0.5, 0.6) is 5.88 Å². The predicted molar refractivity (Wildman–Crippen MR) is 118 cm³/mol. The zero-order valence-electron chi connectivity index (χ0n) is 17.7. The van der Waals surface area contributed by atoms with Crippen LogP contribution >= 0.6 is 0 Å². The van der Waals surface area contributed by atoms with E-state index < -0.39 is 0 Å². The van der Waals surface area contributed by atoms with E-state index in [0.29, 0.717) is 23.2 Å². The average Bonchev–Trinajstić information content (AvgIpc) is 3.48. The molecule has 0 bridgehead atoms. The predicted octanol–water partition coefficient (Wildman–Crippen LogP) is 1.88. The summed E-state index contributed by atoms with van der Waals surface area (Å²) in [4.78, 5) is 16.5. The number of carbonyl (C=O) groups is 1. The number of hydrogen-bond donors (Lipinski definition) is 1. The van der Waals surface area contributed by atoms with Gasteiger partial charge in [-0.05, 0) is 25.1 Å². The summed E-state index contributed by atoms with van der Waals surface area (Å²) in [6.45, 7) is 2.36. The molecule has 4 heterocycles. The first kappa shape index (κ1) is 20.2. The van der Waals surface area contributed by atoms with Crippen LogP contribution in [0.25, 0.3) is 22.9 Å². The quantitative estimate of drug-likeness (QED) is 0.380. The molecule has 33 heavy (non-hydrogen) atoms. The molecule has 5 rings (SSSR count). The van der Waals surface area contributed by atoms with Gasteiger partial charge in [0.15, 0.2) is 23.0 Å². The Balaban J connectivity index is 1.18. The number of aryl methyl sites for hydroxylation is 1. The third-order valence-corrected chi connectivity index (χ3v) is 4.86. The van der Waals surface area contributed by atoms with Gasteiger partial charge in [-0.1, -0.05) is 30.3 Å². The largest absolute Gasteiger partial charge is 0.475 e. The van der Waals surface area contributed by atoms with Gasteiger partial charge in [0.2, 0.25) is 5.88 Å². The molecule has 0 radical (unpaired) electrons. The monoisotopic (exact) mass is 441 g/mol. The van der Waals surface area contributed by atoms with Gasteiger partial charge in [-0.25, -0.2) is 4.98 Å². The van der Waals surface area contributed by atoms with Crippen molar-refractivity contribution in [3.63, 3.8) is 0 Å². The topological polar surface area (TPSA) is 125 Å². The summed E-state index contributed by atoms with van der Waals surface area (Å²) in [5, 5.41) is 23.6. The Morgan fingerprint density at radius 2 is 1.88 bits per heavy atom. The molecule has 0 spiro atoms. The zero-order chi connectivity index (χ0) is 22.6. The number of ether oxygens (including phenoxy) is 1. The molecule has 1 amide bonds. The fourth-order valence-corrected chi connectivity index (χ4v) is 3.22. The Morgan fingerprint density at radius 1 is 1.00 bits per heavy atom. The average molecular weight is 441 g/mol. The van der Waals surface area contributed by atoms with Crippen molar-refractivity contribution in [1.82, 2.24) is 44.9 Å². The summed E-state index contributed by atoms with van der Waals surface area (Å²) < 4.78 is 9.10. The number of benzene rings is 1. The van der Waals surface area contributed by atoms with Crippen LogP contribution in [0.4, 0.5) is 0 Å². The van der Waals surface area contributed by atoms with Crippen molar-refractivity contribution >= 4 is 11.6 Å². The first-order valence-electron chi connectivity index (χ1n) is 10.2. The molecule has 4 aromatic heterocycles. The molecule has 1 N–H and O–H groups in total. The van der Waals surface area contributed by atoms with Crippen molar-refractivity contribution in [1.29, 1.82) is 0 Å². The number of carbonyl (C=O) groups excluding carboxylic acids is 1. The van der Waals surface area contributed by atoms with Gasteiger partial charge in [-0.2, -0.15) is 4.52 Å². The van der Waals surface area contributed by atoms with Gasteiger partial charge in [0.1, 0.15) is 12.4 Å². The number of imidazole rings is 1. The molecule has 0 aliphatic carbocycles. The van der Waals surface area contributed by atoms with Crippen LogP contribution in [0.2, 0.25) is 0 Å². The van der Waals surface area contributed by atoms with Crippen LogP contribution in [0, 0.1) is 6.92 Å². The SMILES string of the molecule is Cc1nccn1-c1ccc(C(=O)NCCOc2ccc3nnc(-c4ccccc4)n3n2)nn1. The van der Waals surface area contributed by atoms with E-state index in [1.807, 2.05) is 37.3 Å². The highest BCUT2D eigenvalue weighted by Crippen LogP contribution is 2.18. The Bertz CT molecular complexity index is 1390. The summed E-state index contributed by atoms with van der Waals surface area (Å²) in [5.74, 6) is 2.06. The standard InChI is InChI=1S/C22H19N9O2/c1-15-23-11-13-30(15)18-8-7-17(25-26-18)22(32)24-12-14-33-20-10-9-19-27-28-21(31(19)29-20)16-5-3-2-4-6-16/h2-11,13H,12,14H2,1H3,(H,24,32). The molecule has 1 aromatic carbocycles. The second kappa shape index (κ2) is 8.83. The fraction of sp³-hybridized carbons (Fsp3) is 0.136. The molecule has 0 atom stereocenters. The zero-order valence-corrected chi connectivity index (χ0v) is 17.7. The van der Waals surface area contributed by atoms with Crippen LogP contribution in [0.1, 0.15) is 16.3 Å². The Labute approximate surface area is 188 Å². The smallest absolute Gasteiger partial charge is 0.271 e. The van der Waals surface area contributed by atoms with Crippen molar-refractivity contribution in [2.24, 2.45) is 0 Å². The van der Waals surface area contributed by atoms with E-state index in [1.54, 1.807) is 45.7 Å². The van der Waals surface area contributed by atoms with Crippen LogP contribution in [0.15, 0.2) is 67.0 Å². The molecule has 11 heteroatoms. The lowest BCUT2D eigenvalue weighted by molar-refractivity contribution is 0.0940. The third kappa shape index (κ3) is 4.24. The van der Waals surface area contributed by atoms with Crippen molar-refractivity contribution in [2.45, 2.75) is 6.92 Å². The lowest BCUT2D eigenvalue weighted by atomic mass is 10.2. The van der Waals surface area contributed by atoms with Gasteiger partial charge >= 0.3 is 0 Å². The molecule has 11 nitrogen and oxygen atoms in total. The van der Waals surface area contributed by atoms with E-state index in [9.17, 15) is 4.79 Å². The van der Waals surface area contributed by atoms with Gasteiger partial charge < -0.3 is 10.1 Å². The van der Waals surface area contributed by atoms with Crippen molar-refractivity contribution < 1.29 is 9.53 Å². The van der Waals surface area contributed by atoms with Crippen molar-refractivity contribution in [3.8, 4) is 23.1 Å². The molecule has 0 unspecified atom stereocenters. The minimum absolute atomic E-state index is 0.216. The summed E-state index contributed by atoms with van der Waals surface area (Å²) >= 11 is 0. The highest BCUT2D eigenvalue weighted by Gasteiger charge is 2.11. The van der Waals surface area contributed by atoms with Gasteiger partial charge in [-0.15, -0.1) is 25.5 Å². The second-order valence-electron chi connectivity index (χ2n) is 7.06. The molecule has 0 saturated carbocycles. The van der Waals surface area contributed by atoms with Crippen molar-refractivity contribution in [2.75, 3.05) is 13.2 Å². The van der Waals surface area contributed by atoms with E-state index in [4.69, 9.17) is 4.74 Å². The van der Waals surface area contributed by atoms with E-state index in [2.05, 4.69) is 35.8 Å². The second-order valence-corrected chi connectivity index (χ2v) is 7.06. The molecule has 0 aliphatic rings. The fourth-order valence-electron chi connectivity index (χ4n) is 3.22.